The molecular formula is C17H29N5O. The molecular weight excluding hydrogens is 290 g/mol. The summed E-state index contributed by atoms with van der Waals surface area (Å²) in [6, 6.07) is 2.52. The molecule has 128 valence electrons. The first kappa shape index (κ1) is 16.5. The Kier molecular flexibility index (Phi) is 5.33. The summed E-state index contributed by atoms with van der Waals surface area (Å²) in [5.41, 5.74) is 0. The third-order valence-corrected chi connectivity index (χ3v) is 4.92. The molecule has 0 N–H and O–H groups in total. The van der Waals surface area contributed by atoms with Crippen molar-refractivity contribution < 1.29 is 4.74 Å². The van der Waals surface area contributed by atoms with Crippen LogP contribution in [0.2, 0.25) is 0 Å². The lowest BCUT2D eigenvalue weighted by molar-refractivity contribution is -0.00200. The minimum absolute atomic E-state index is 0.437. The van der Waals surface area contributed by atoms with Gasteiger partial charge in [-0.25, -0.2) is 4.98 Å². The number of anilines is 2. The molecule has 2 aliphatic heterocycles. The molecule has 0 saturated carbocycles. The molecule has 1 aromatic rings. The van der Waals surface area contributed by atoms with Gasteiger partial charge in [0.2, 0.25) is 5.95 Å². The zero-order valence-electron chi connectivity index (χ0n) is 14.6. The lowest BCUT2D eigenvalue weighted by atomic mass is 10.1. The second-order valence-electron chi connectivity index (χ2n) is 6.91. The van der Waals surface area contributed by atoms with E-state index in [1.807, 2.05) is 31.3 Å². The summed E-state index contributed by atoms with van der Waals surface area (Å²) in [5.74, 6) is 1.77. The molecule has 6 nitrogen and oxygen atoms in total. The quantitative estimate of drug-likeness (QED) is 0.822. The summed E-state index contributed by atoms with van der Waals surface area (Å²) in [6.45, 7) is 4.27. The average Bonchev–Trinajstić information content (AvgIpc) is 3.03. The molecule has 2 fully saturated rings. The minimum atomic E-state index is 0.437. The number of ether oxygens (including phenoxy) is 1. The van der Waals surface area contributed by atoms with Crippen LogP contribution < -0.4 is 9.80 Å². The fourth-order valence-corrected chi connectivity index (χ4v) is 3.47. The van der Waals surface area contributed by atoms with Crippen molar-refractivity contribution >= 4 is 11.8 Å². The molecule has 23 heavy (non-hydrogen) atoms. The summed E-state index contributed by atoms with van der Waals surface area (Å²) >= 11 is 0. The second-order valence-corrected chi connectivity index (χ2v) is 6.91. The molecule has 3 heterocycles. The molecule has 3 rings (SSSR count). The van der Waals surface area contributed by atoms with Gasteiger partial charge in [-0.2, -0.15) is 4.98 Å². The van der Waals surface area contributed by atoms with Gasteiger partial charge in [0, 0.05) is 59.6 Å². The van der Waals surface area contributed by atoms with Crippen molar-refractivity contribution in [3.8, 4) is 0 Å². The maximum Gasteiger partial charge on any atom is 0.226 e. The van der Waals surface area contributed by atoms with Gasteiger partial charge in [0.1, 0.15) is 5.82 Å². The fraction of sp³-hybridized carbons (Fsp3) is 0.765. The van der Waals surface area contributed by atoms with E-state index in [4.69, 9.17) is 4.74 Å². The number of nitrogens with zero attached hydrogens (tertiary/aromatic N) is 5. The highest BCUT2D eigenvalue weighted by atomic mass is 16.5. The van der Waals surface area contributed by atoms with Crippen molar-refractivity contribution in [1.82, 2.24) is 14.9 Å². The average molecular weight is 319 g/mol. The Morgan fingerprint density at radius 1 is 1.26 bits per heavy atom. The van der Waals surface area contributed by atoms with E-state index in [1.54, 1.807) is 0 Å². The first-order chi connectivity index (χ1) is 11.1. The molecule has 6 heteroatoms. The van der Waals surface area contributed by atoms with Crippen LogP contribution >= 0.6 is 0 Å². The van der Waals surface area contributed by atoms with E-state index >= 15 is 0 Å². The van der Waals surface area contributed by atoms with Gasteiger partial charge in [0.05, 0.1) is 6.10 Å². The monoisotopic (exact) mass is 319 g/mol. The maximum absolute atomic E-state index is 5.88. The highest BCUT2D eigenvalue weighted by Gasteiger charge is 2.29. The summed E-state index contributed by atoms with van der Waals surface area (Å²) < 4.78 is 5.88. The molecule has 0 amide bonds. The van der Waals surface area contributed by atoms with E-state index < -0.39 is 0 Å². The molecule has 0 radical (unpaired) electrons. The first-order valence-corrected chi connectivity index (χ1v) is 8.70. The Bertz CT molecular complexity index is 504. The summed E-state index contributed by atoms with van der Waals surface area (Å²) in [6.07, 6.45) is 7.23. The number of likely N-dealkylation sites (N-methyl/N-ethyl adjacent to an activating group) is 1. The van der Waals surface area contributed by atoms with Crippen LogP contribution in [0.5, 0.6) is 0 Å². The van der Waals surface area contributed by atoms with E-state index in [9.17, 15) is 0 Å². The van der Waals surface area contributed by atoms with Gasteiger partial charge in [-0.1, -0.05) is 0 Å². The van der Waals surface area contributed by atoms with Crippen LogP contribution in [0.4, 0.5) is 11.8 Å². The van der Waals surface area contributed by atoms with E-state index in [1.165, 1.54) is 25.7 Å². The SMILES string of the molecule is CN(C)c1nccc(N(C)C2CCN(CC3CCCCO3)C2)n1. The molecule has 2 unspecified atom stereocenters. The third kappa shape index (κ3) is 4.12. The van der Waals surface area contributed by atoms with Crippen LogP contribution in [-0.4, -0.2) is 74.4 Å². The van der Waals surface area contributed by atoms with Crippen molar-refractivity contribution in [3.63, 3.8) is 0 Å². The Labute approximate surface area is 139 Å². The van der Waals surface area contributed by atoms with Gasteiger partial charge >= 0.3 is 0 Å². The highest BCUT2D eigenvalue weighted by molar-refractivity contribution is 5.43. The van der Waals surface area contributed by atoms with Crippen molar-refractivity contribution in [2.75, 3.05) is 57.2 Å². The first-order valence-electron chi connectivity index (χ1n) is 8.70. The van der Waals surface area contributed by atoms with Crippen LogP contribution in [0.25, 0.3) is 0 Å². The lowest BCUT2D eigenvalue weighted by Gasteiger charge is -2.29. The zero-order chi connectivity index (χ0) is 16.2. The molecule has 0 spiro atoms. The maximum atomic E-state index is 5.88. The van der Waals surface area contributed by atoms with Gasteiger partial charge in [-0.15, -0.1) is 0 Å². The van der Waals surface area contributed by atoms with Crippen molar-refractivity contribution in [1.29, 1.82) is 0 Å². The van der Waals surface area contributed by atoms with E-state index in [-0.39, 0.29) is 0 Å². The van der Waals surface area contributed by atoms with Gasteiger partial charge in [-0.3, -0.25) is 4.90 Å². The van der Waals surface area contributed by atoms with E-state index in [0.717, 1.165) is 38.0 Å². The number of hydrogen-bond acceptors (Lipinski definition) is 6. The molecule has 0 aromatic carbocycles. The van der Waals surface area contributed by atoms with Gasteiger partial charge in [-0.05, 0) is 31.7 Å². The standard InChI is InChI=1S/C17H29N5O/c1-20(2)17-18-9-7-16(19-17)21(3)14-8-10-22(12-14)13-15-6-4-5-11-23-15/h7,9,14-15H,4-6,8,10-13H2,1-3H3. The van der Waals surface area contributed by atoms with Crippen LogP contribution in [0.1, 0.15) is 25.7 Å². The smallest absolute Gasteiger partial charge is 0.226 e. The van der Waals surface area contributed by atoms with Crippen molar-refractivity contribution in [3.05, 3.63) is 12.3 Å². The highest BCUT2D eigenvalue weighted by Crippen LogP contribution is 2.22. The molecule has 1 aromatic heterocycles. The van der Waals surface area contributed by atoms with E-state index in [2.05, 4.69) is 26.8 Å². The summed E-state index contributed by atoms with van der Waals surface area (Å²) in [7, 11) is 6.09. The lowest BCUT2D eigenvalue weighted by Crippen LogP contribution is -2.38. The van der Waals surface area contributed by atoms with Crippen LogP contribution in [0.3, 0.4) is 0 Å². The Morgan fingerprint density at radius 2 is 2.13 bits per heavy atom. The van der Waals surface area contributed by atoms with E-state index in [0.29, 0.717) is 12.1 Å². The normalized spacial score (nSPS) is 25.5. The molecule has 0 aliphatic carbocycles. The van der Waals surface area contributed by atoms with Gasteiger partial charge in [0.15, 0.2) is 0 Å². The second kappa shape index (κ2) is 7.45. The zero-order valence-corrected chi connectivity index (χ0v) is 14.6. The largest absolute Gasteiger partial charge is 0.377 e. The minimum Gasteiger partial charge on any atom is -0.377 e. The van der Waals surface area contributed by atoms with Gasteiger partial charge in [0.25, 0.3) is 0 Å². The molecule has 2 aliphatic rings. The molecule has 2 saturated heterocycles. The molecule has 0 bridgehead atoms. The van der Waals surface area contributed by atoms with Crippen LogP contribution in [0.15, 0.2) is 12.3 Å². The topological polar surface area (TPSA) is 44.7 Å². The van der Waals surface area contributed by atoms with Gasteiger partial charge < -0.3 is 14.5 Å². The van der Waals surface area contributed by atoms with Crippen LogP contribution in [0, 0.1) is 0 Å². The number of likely N-dealkylation sites (tertiary alicyclic amines) is 1. The Balaban J connectivity index is 1.56. The van der Waals surface area contributed by atoms with Crippen molar-refractivity contribution in [2.24, 2.45) is 0 Å². The number of rotatable bonds is 5. The molecule has 2 atom stereocenters. The predicted octanol–water partition coefficient (Wildman–Crippen LogP) is 1.62. The van der Waals surface area contributed by atoms with Crippen LogP contribution in [-0.2, 0) is 4.74 Å². The Hall–Kier alpha value is -1.40. The Morgan fingerprint density at radius 3 is 2.87 bits per heavy atom. The summed E-state index contributed by atoms with van der Waals surface area (Å²) in [4.78, 5) is 15.7. The summed E-state index contributed by atoms with van der Waals surface area (Å²) in [5, 5.41) is 0. The van der Waals surface area contributed by atoms with Crippen molar-refractivity contribution in [2.45, 2.75) is 37.8 Å². The fourth-order valence-electron chi connectivity index (χ4n) is 3.47. The predicted molar refractivity (Wildman–Crippen MR) is 93.2 cm³/mol. The number of aromatic nitrogens is 2. The number of hydrogen-bond donors (Lipinski definition) is 0. The third-order valence-electron chi connectivity index (χ3n) is 4.92.